The Morgan fingerprint density at radius 2 is 1.86 bits per heavy atom. The van der Waals surface area contributed by atoms with Crippen LogP contribution in [0.4, 0.5) is 0 Å². The number of amides is 1. The fourth-order valence-corrected chi connectivity index (χ4v) is 3.21. The van der Waals surface area contributed by atoms with Crippen LogP contribution in [0, 0.1) is 0 Å². The highest BCUT2D eigenvalue weighted by Gasteiger charge is 2.14. The number of hydrogen-bond donors (Lipinski definition) is 0. The second-order valence-corrected chi connectivity index (χ2v) is 6.92. The van der Waals surface area contributed by atoms with E-state index in [0.717, 1.165) is 9.35 Å². The second-order valence-electron chi connectivity index (χ2n) is 4.45. The standard InChI is InChI=1S/C15H14BrNO3S/c1-17(14(18)12-7-8-13(16)21-12)9-10-3-5-11(6-4-10)15(19)20-2/h3-8H,9H2,1-2H3. The van der Waals surface area contributed by atoms with Gasteiger partial charge in [-0.05, 0) is 45.8 Å². The van der Waals surface area contributed by atoms with Gasteiger partial charge in [-0.2, -0.15) is 0 Å². The Hall–Kier alpha value is -1.66. The van der Waals surface area contributed by atoms with Gasteiger partial charge in [-0.1, -0.05) is 12.1 Å². The molecule has 0 aliphatic carbocycles. The van der Waals surface area contributed by atoms with Crippen LogP contribution in [0.15, 0.2) is 40.2 Å². The molecule has 0 saturated heterocycles. The highest BCUT2D eigenvalue weighted by Crippen LogP contribution is 2.23. The third-order valence-electron chi connectivity index (χ3n) is 2.93. The number of carbonyl (C=O) groups is 2. The van der Waals surface area contributed by atoms with Crippen LogP contribution in [-0.2, 0) is 11.3 Å². The topological polar surface area (TPSA) is 46.6 Å². The third kappa shape index (κ3) is 3.92. The molecule has 1 aromatic heterocycles. The lowest BCUT2D eigenvalue weighted by molar-refractivity contribution is 0.0600. The van der Waals surface area contributed by atoms with E-state index in [9.17, 15) is 9.59 Å². The predicted octanol–water partition coefficient (Wildman–Crippen LogP) is 3.57. The minimum Gasteiger partial charge on any atom is -0.465 e. The van der Waals surface area contributed by atoms with Crippen molar-refractivity contribution in [1.29, 1.82) is 0 Å². The summed E-state index contributed by atoms with van der Waals surface area (Å²) in [5, 5.41) is 0. The van der Waals surface area contributed by atoms with Crippen molar-refractivity contribution in [1.82, 2.24) is 4.90 Å². The Morgan fingerprint density at radius 3 is 2.38 bits per heavy atom. The number of carbonyl (C=O) groups excluding carboxylic acids is 2. The number of thiophene rings is 1. The number of halogens is 1. The smallest absolute Gasteiger partial charge is 0.337 e. The largest absolute Gasteiger partial charge is 0.465 e. The average Bonchev–Trinajstić information content (AvgIpc) is 2.93. The molecule has 1 heterocycles. The highest BCUT2D eigenvalue weighted by molar-refractivity contribution is 9.11. The number of ether oxygens (including phenoxy) is 1. The van der Waals surface area contributed by atoms with Crippen molar-refractivity contribution in [3.8, 4) is 0 Å². The van der Waals surface area contributed by atoms with Gasteiger partial charge in [0.25, 0.3) is 5.91 Å². The molecule has 0 fully saturated rings. The van der Waals surface area contributed by atoms with Crippen LogP contribution in [-0.4, -0.2) is 30.9 Å². The van der Waals surface area contributed by atoms with Gasteiger partial charge in [-0.25, -0.2) is 4.79 Å². The fourth-order valence-electron chi connectivity index (χ4n) is 1.83. The van der Waals surface area contributed by atoms with Gasteiger partial charge in [-0.15, -0.1) is 11.3 Å². The predicted molar refractivity (Wildman–Crippen MR) is 85.6 cm³/mol. The number of rotatable bonds is 4. The molecule has 0 N–H and O–H groups in total. The molecule has 0 aliphatic rings. The van der Waals surface area contributed by atoms with Crippen LogP contribution in [0.2, 0.25) is 0 Å². The number of esters is 1. The molecule has 2 rings (SSSR count). The van der Waals surface area contributed by atoms with E-state index in [4.69, 9.17) is 0 Å². The van der Waals surface area contributed by atoms with Gasteiger partial charge >= 0.3 is 5.97 Å². The molecule has 0 aliphatic heterocycles. The monoisotopic (exact) mass is 367 g/mol. The quantitative estimate of drug-likeness (QED) is 0.776. The molecule has 0 saturated carbocycles. The van der Waals surface area contributed by atoms with E-state index >= 15 is 0 Å². The van der Waals surface area contributed by atoms with E-state index < -0.39 is 0 Å². The lowest BCUT2D eigenvalue weighted by Gasteiger charge is -2.16. The molecule has 21 heavy (non-hydrogen) atoms. The zero-order chi connectivity index (χ0) is 15.4. The lowest BCUT2D eigenvalue weighted by Crippen LogP contribution is -2.25. The first-order valence-corrected chi connectivity index (χ1v) is 7.80. The molecule has 6 heteroatoms. The molecule has 0 spiro atoms. The maximum Gasteiger partial charge on any atom is 0.337 e. The van der Waals surface area contributed by atoms with Gasteiger partial charge in [0.05, 0.1) is 21.3 Å². The lowest BCUT2D eigenvalue weighted by atomic mass is 10.1. The van der Waals surface area contributed by atoms with Gasteiger partial charge in [0.15, 0.2) is 0 Å². The summed E-state index contributed by atoms with van der Waals surface area (Å²) in [6.07, 6.45) is 0. The van der Waals surface area contributed by atoms with Gasteiger partial charge in [-0.3, -0.25) is 4.79 Å². The Kier molecular flexibility index (Phi) is 5.14. The summed E-state index contributed by atoms with van der Waals surface area (Å²) in [6.45, 7) is 0.482. The van der Waals surface area contributed by atoms with Crippen molar-refractivity contribution in [2.45, 2.75) is 6.54 Å². The molecule has 0 unspecified atom stereocenters. The van der Waals surface area contributed by atoms with E-state index in [1.165, 1.54) is 18.4 Å². The maximum atomic E-state index is 12.2. The van der Waals surface area contributed by atoms with Crippen molar-refractivity contribution in [3.63, 3.8) is 0 Å². The fraction of sp³-hybridized carbons (Fsp3) is 0.200. The molecule has 0 atom stereocenters. The van der Waals surface area contributed by atoms with Crippen molar-refractivity contribution >= 4 is 39.1 Å². The van der Waals surface area contributed by atoms with Crippen molar-refractivity contribution in [2.24, 2.45) is 0 Å². The zero-order valence-electron chi connectivity index (χ0n) is 11.6. The summed E-state index contributed by atoms with van der Waals surface area (Å²) < 4.78 is 5.58. The number of nitrogens with zero attached hydrogens (tertiary/aromatic N) is 1. The molecular formula is C15H14BrNO3S. The van der Waals surface area contributed by atoms with E-state index in [2.05, 4.69) is 20.7 Å². The summed E-state index contributed by atoms with van der Waals surface area (Å²) in [6, 6.07) is 10.7. The Balaban J connectivity index is 2.04. The SMILES string of the molecule is COC(=O)c1ccc(CN(C)C(=O)c2ccc(Br)s2)cc1. The molecule has 4 nitrogen and oxygen atoms in total. The molecule has 2 aromatic rings. The number of hydrogen-bond acceptors (Lipinski definition) is 4. The van der Waals surface area contributed by atoms with Crippen LogP contribution in [0.1, 0.15) is 25.6 Å². The molecule has 1 aromatic carbocycles. The number of methoxy groups -OCH3 is 1. The second kappa shape index (κ2) is 6.87. The van der Waals surface area contributed by atoms with Crippen molar-refractivity contribution in [3.05, 3.63) is 56.2 Å². The van der Waals surface area contributed by atoms with Gasteiger partial charge < -0.3 is 9.64 Å². The first-order valence-electron chi connectivity index (χ1n) is 6.19. The first-order chi connectivity index (χ1) is 10.0. The summed E-state index contributed by atoms with van der Waals surface area (Å²) in [4.78, 5) is 25.9. The maximum absolute atomic E-state index is 12.2. The van der Waals surface area contributed by atoms with Crippen LogP contribution in [0.3, 0.4) is 0 Å². The van der Waals surface area contributed by atoms with E-state index in [1.807, 2.05) is 18.2 Å². The molecule has 1 amide bonds. The van der Waals surface area contributed by atoms with Crippen LogP contribution < -0.4 is 0 Å². The average molecular weight is 368 g/mol. The summed E-state index contributed by atoms with van der Waals surface area (Å²) >= 11 is 4.76. The Bertz CT molecular complexity index is 651. The molecule has 0 bridgehead atoms. The van der Waals surface area contributed by atoms with Crippen LogP contribution >= 0.6 is 27.3 Å². The van der Waals surface area contributed by atoms with Gasteiger partial charge in [0, 0.05) is 13.6 Å². The van der Waals surface area contributed by atoms with Crippen LogP contribution in [0.5, 0.6) is 0 Å². The first kappa shape index (κ1) is 15.7. The van der Waals surface area contributed by atoms with E-state index in [-0.39, 0.29) is 11.9 Å². The molecular weight excluding hydrogens is 354 g/mol. The minimum atomic E-state index is -0.366. The van der Waals surface area contributed by atoms with Crippen molar-refractivity contribution < 1.29 is 14.3 Å². The minimum absolute atomic E-state index is 0.0252. The van der Waals surface area contributed by atoms with Gasteiger partial charge in [0.2, 0.25) is 0 Å². The summed E-state index contributed by atoms with van der Waals surface area (Å²) in [5.41, 5.74) is 1.45. The van der Waals surface area contributed by atoms with Crippen molar-refractivity contribution in [2.75, 3.05) is 14.2 Å². The summed E-state index contributed by atoms with van der Waals surface area (Å²) in [5.74, 6) is -0.392. The van der Waals surface area contributed by atoms with Crippen LogP contribution in [0.25, 0.3) is 0 Å². The highest BCUT2D eigenvalue weighted by atomic mass is 79.9. The molecule has 0 radical (unpaired) electrons. The summed E-state index contributed by atoms with van der Waals surface area (Å²) in [7, 11) is 3.10. The Labute approximate surface area is 135 Å². The normalized spacial score (nSPS) is 10.2. The number of benzene rings is 1. The third-order valence-corrected chi connectivity index (χ3v) is 4.54. The zero-order valence-corrected chi connectivity index (χ0v) is 14.0. The van der Waals surface area contributed by atoms with E-state index in [0.29, 0.717) is 17.0 Å². The van der Waals surface area contributed by atoms with Gasteiger partial charge in [0.1, 0.15) is 0 Å². The Morgan fingerprint density at radius 1 is 1.19 bits per heavy atom. The van der Waals surface area contributed by atoms with E-state index in [1.54, 1.807) is 30.1 Å². The molecule has 110 valence electrons.